The summed E-state index contributed by atoms with van der Waals surface area (Å²) in [5, 5.41) is 0. The van der Waals surface area contributed by atoms with Crippen molar-refractivity contribution in [1.29, 1.82) is 0 Å². The quantitative estimate of drug-likeness (QED) is 0.227. The summed E-state index contributed by atoms with van der Waals surface area (Å²) in [7, 11) is 0. The molecule has 156 valence electrons. The van der Waals surface area contributed by atoms with Crippen LogP contribution in [0.2, 0.25) is 0 Å². The van der Waals surface area contributed by atoms with Gasteiger partial charge in [-0.05, 0) is 49.6 Å². The molecule has 0 N–H and O–H groups in total. The van der Waals surface area contributed by atoms with Crippen LogP contribution in [0.4, 0.5) is 8.78 Å². The van der Waals surface area contributed by atoms with Crippen LogP contribution >= 0.6 is 0 Å². The van der Waals surface area contributed by atoms with E-state index >= 15 is 0 Å². The van der Waals surface area contributed by atoms with Gasteiger partial charge in [0.15, 0.2) is 0 Å². The van der Waals surface area contributed by atoms with Gasteiger partial charge in [-0.15, -0.1) is 0 Å². The van der Waals surface area contributed by atoms with Crippen molar-refractivity contribution in [2.75, 3.05) is 0 Å². The summed E-state index contributed by atoms with van der Waals surface area (Å²) in [6.45, 7) is 1.62. The van der Waals surface area contributed by atoms with Gasteiger partial charge >= 0.3 is 5.97 Å². The standard InChI is InChI=1S/C24H28F2O3/c1-18(27)9-7-5-3-2-4-6-8-10-24(28)29-21-15-16-22(23(26)17-21)19-11-13-20(25)14-12-19/h11-17H,2-10H2,1H3. The monoisotopic (exact) mass is 402 g/mol. The zero-order valence-corrected chi connectivity index (χ0v) is 16.9. The maximum absolute atomic E-state index is 14.3. The third-order valence-electron chi connectivity index (χ3n) is 4.74. The van der Waals surface area contributed by atoms with Gasteiger partial charge in [-0.2, -0.15) is 0 Å². The highest BCUT2D eigenvalue weighted by molar-refractivity contribution is 5.75. The molecule has 0 amide bonds. The minimum Gasteiger partial charge on any atom is -0.426 e. The minimum atomic E-state index is -0.522. The van der Waals surface area contributed by atoms with Crippen molar-refractivity contribution in [2.24, 2.45) is 0 Å². The molecule has 0 bridgehead atoms. The number of ketones is 1. The molecule has 2 aromatic rings. The number of hydrogen-bond acceptors (Lipinski definition) is 3. The highest BCUT2D eigenvalue weighted by Crippen LogP contribution is 2.26. The van der Waals surface area contributed by atoms with E-state index in [-0.39, 0.29) is 23.3 Å². The Morgan fingerprint density at radius 3 is 1.97 bits per heavy atom. The van der Waals surface area contributed by atoms with E-state index in [2.05, 4.69) is 0 Å². The maximum atomic E-state index is 14.3. The van der Waals surface area contributed by atoms with Crippen LogP contribution in [0.1, 0.15) is 64.7 Å². The number of benzene rings is 2. The molecule has 0 saturated heterocycles. The van der Waals surface area contributed by atoms with Gasteiger partial charge < -0.3 is 9.53 Å². The Balaban J connectivity index is 1.67. The lowest BCUT2D eigenvalue weighted by Gasteiger charge is -2.08. The van der Waals surface area contributed by atoms with Crippen molar-refractivity contribution in [2.45, 2.75) is 64.7 Å². The number of esters is 1. The second-order valence-electron chi connectivity index (χ2n) is 7.30. The number of rotatable bonds is 12. The maximum Gasteiger partial charge on any atom is 0.311 e. The van der Waals surface area contributed by atoms with Crippen molar-refractivity contribution in [3.05, 3.63) is 54.1 Å². The summed E-state index contributed by atoms with van der Waals surface area (Å²) in [5.41, 5.74) is 0.885. The van der Waals surface area contributed by atoms with Crippen molar-refractivity contribution in [3.8, 4) is 16.9 Å². The topological polar surface area (TPSA) is 43.4 Å². The lowest BCUT2D eigenvalue weighted by molar-refractivity contribution is -0.134. The molecular weight excluding hydrogens is 374 g/mol. The smallest absolute Gasteiger partial charge is 0.311 e. The Morgan fingerprint density at radius 1 is 0.793 bits per heavy atom. The van der Waals surface area contributed by atoms with Crippen LogP contribution < -0.4 is 4.74 Å². The lowest BCUT2D eigenvalue weighted by atomic mass is 10.0. The van der Waals surface area contributed by atoms with E-state index in [1.807, 2.05) is 0 Å². The van der Waals surface area contributed by atoms with Crippen molar-refractivity contribution >= 4 is 11.8 Å². The fourth-order valence-electron chi connectivity index (χ4n) is 3.13. The Kier molecular flexibility index (Phi) is 9.48. The highest BCUT2D eigenvalue weighted by atomic mass is 19.1. The van der Waals surface area contributed by atoms with Crippen LogP contribution in [0.25, 0.3) is 11.1 Å². The number of hydrogen-bond donors (Lipinski definition) is 0. The zero-order valence-electron chi connectivity index (χ0n) is 16.9. The summed E-state index contributed by atoms with van der Waals surface area (Å²) >= 11 is 0. The molecule has 3 nitrogen and oxygen atoms in total. The first-order valence-corrected chi connectivity index (χ1v) is 10.2. The first-order chi connectivity index (χ1) is 14.0. The number of carbonyl (C=O) groups excluding carboxylic acids is 2. The van der Waals surface area contributed by atoms with E-state index in [1.165, 1.54) is 36.4 Å². The molecule has 0 saturated carbocycles. The van der Waals surface area contributed by atoms with Crippen molar-refractivity contribution in [1.82, 2.24) is 0 Å². The molecule has 2 aromatic carbocycles. The van der Waals surface area contributed by atoms with Crippen LogP contribution in [-0.2, 0) is 9.59 Å². The van der Waals surface area contributed by atoms with Gasteiger partial charge in [0.2, 0.25) is 0 Å². The van der Waals surface area contributed by atoms with Gasteiger partial charge in [0.05, 0.1) is 0 Å². The molecule has 0 fully saturated rings. The number of carbonyl (C=O) groups is 2. The lowest BCUT2D eigenvalue weighted by Crippen LogP contribution is -2.07. The molecule has 0 aromatic heterocycles. The molecule has 0 radical (unpaired) electrons. The zero-order chi connectivity index (χ0) is 21.1. The normalized spacial score (nSPS) is 10.7. The summed E-state index contributed by atoms with van der Waals surface area (Å²) in [6, 6.07) is 9.80. The van der Waals surface area contributed by atoms with Gasteiger partial charge in [-0.3, -0.25) is 4.79 Å². The minimum absolute atomic E-state index is 0.170. The van der Waals surface area contributed by atoms with Crippen molar-refractivity contribution in [3.63, 3.8) is 0 Å². The molecule has 29 heavy (non-hydrogen) atoms. The first-order valence-electron chi connectivity index (χ1n) is 10.2. The molecule has 5 heteroatoms. The Hall–Kier alpha value is -2.56. The van der Waals surface area contributed by atoms with Gasteiger partial charge in [0.25, 0.3) is 0 Å². The first kappa shape index (κ1) is 22.7. The molecule has 0 aliphatic rings. The SMILES string of the molecule is CC(=O)CCCCCCCCCC(=O)Oc1ccc(-c2ccc(F)cc2)c(F)c1. The van der Waals surface area contributed by atoms with E-state index in [1.54, 1.807) is 13.0 Å². The molecule has 0 heterocycles. The molecule has 0 spiro atoms. The summed E-state index contributed by atoms with van der Waals surface area (Å²) in [5.74, 6) is -0.864. The second-order valence-corrected chi connectivity index (χ2v) is 7.30. The molecule has 0 aliphatic carbocycles. The molecule has 0 unspecified atom stereocenters. The Morgan fingerprint density at radius 2 is 1.38 bits per heavy atom. The molecule has 0 atom stereocenters. The fourth-order valence-corrected chi connectivity index (χ4v) is 3.13. The average Bonchev–Trinajstić information content (AvgIpc) is 2.67. The summed E-state index contributed by atoms with van der Waals surface area (Å²) < 4.78 is 32.5. The summed E-state index contributed by atoms with van der Waals surface area (Å²) in [6.07, 6.45) is 7.93. The second kappa shape index (κ2) is 12.1. The van der Waals surface area contributed by atoms with E-state index in [4.69, 9.17) is 4.74 Å². The fraction of sp³-hybridized carbons (Fsp3) is 0.417. The number of Topliss-reactive ketones (excluding diaryl/α,β-unsaturated/α-hetero) is 1. The number of halogens is 2. The average molecular weight is 402 g/mol. The van der Waals surface area contributed by atoms with Crippen LogP contribution in [0.3, 0.4) is 0 Å². The van der Waals surface area contributed by atoms with Gasteiger partial charge in [0.1, 0.15) is 23.2 Å². The van der Waals surface area contributed by atoms with E-state index in [0.29, 0.717) is 24.0 Å². The predicted octanol–water partition coefficient (Wildman–Crippen LogP) is 6.64. The molecule has 0 aliphatic heterocycles. The van der Waals surface area contributed by atoms with Crippen molar-refractivity contribution < 1.29 is 23.1 Å². The van der Waals surface area contributed by atoms with Gasteiger partial charge in [-0.1, -0.05) is 44.2 Å². The van der Waals surface area contributed by atoms with Crippen LogP contribution in [0.5, 0.6) is 5.75 Å². The van der Waals surface area contributed by atoms with Crippen LogP contribution in [0.15, 0.2) is 42.5 Å². The molecular formula is C24H28F2O3. The number of ether oxygens (including phenoxy) is 1. The van der Waals surface area contributed by atoms with Gasteiger partial charge in [0, 0.05) is 24.5 Å². The van der Waals surface area contributed by atoms with E-state index < -0.39 is 5.82 Å². The third-order valence-corrected chi connectivity index (χ3v) is 4.74. The van der Waals surface area contributed by atoms with Crippen LogP contribution in [0, 0.1) is 11.6 Å². The largest absolute Gasteiger partial charge is 0.426 e. The Labute approximate surface area is 171 Å². The van der Waals surface area contributed by atoms with Crippen LogP contribution in [-0.4, -0.2) is 11.8 Å². The van der Waals surface area contributed by atoms with E-state index in [0.717, 1.165) is 44.9 Å². The predicted molar refractivity (Wildman–Crippen MR) is 110 cm³/mol. The van der Waals surface area contributed by atoms with Gasteiger partial charge in [-0.25, -0.2) is 8.78 Å². The molecule has 2 rings (SSSR count). The number of unbranched alkanes of at least 4 members (excludes halogenated alkanes) is 6. The third kappa shape index (κ3) is 8.55. The van der Waals surface area contributed by atoms with E-state index in [9.17, 15) is 18.4 Å². The highest BCUT2D eigenvalue weighted by Gasteiger charge is 2.10. The summed E-state index contributed by atoms with van der Waals surface area (Å²) in [4.78, 5) is 22.8. The Bertz CT molecular complexity index is 800.